The average molecular weight is 413 g/mol. The predicted molar refractivity (Wildman–Crippen MR) is 112 cm³/mol. The molecule has 0 aliphatic heterocycles. The Morgan fingerprint density at radius 3 is 2.83 bits per heavy atom. The molecule has 0 bridgehead atoms. The van der Waals surface area contributed by atoms with E-state index < -0.39 is 5.97 Å². The fourth-order valence-electron chi connectivity index (χ4n) is 2.81. The Labute approximate surface area is 173 Å². The van der Waals surface area contributed by atoms with Crippen LogP contribution in [0.25, 0.3) is 11.3 Å². The van der Waals surface area contributed by atoms with Crippen LogP contribution in [-0.2, 0) is 16.0 Å². The number of nitrogens with zero attached hydrogens (tertiary/aromatic N) is 2. The molecule has 0 aliphatic rings. The van der Waals surface area contributed by atoms with Crippen molar-refractivity contribution in [3.63, 3.8) is 0 Å². The van der Waals surface area contributed by atoms with E-state index in [4.69, 9.17) is 9.15 Å². The summed E-state index contributed by atoms with van der Waals surface area (Å²) in [7, 11) is 1.87. The summed E-state index contributed by atoms with van der Waals surface area (Å²) >= 11 is 1.27. The highest BCUT2D eigenvalue weighted by Gasteiger charge is 2.24. The third-order valence-electron chi connectivity index (χ3n) is 4.20. The third-order valence-corrected chi connectivity index (χ3v) is 5.09. The van der Waals surface area contributed by atoms with E-state index >= 15 is 0 Å². The summed E-state index contributed by atoms with van der Waals surface area (Å²) in [6, 6.07) is 9.29. The van der Waals surface area contributed by atoms with Crippen molar-refractivity contribution in [1.82, 2.24) is 9.88 Å². The summed E-state index contributed by atoms with van der Waals surface area (Å²) in [5, 5.41) is 5.08. The number of amides is 1. The molecule has 0 atom stereocenters. The van der Waals surface area contributed by atoms with E-state index in [-0.39, 0.29) is 19.1 Å². The van der Waals surface area contributed by atoms with Crippen molar-refractivity contribution in [1.29, 1.82) is 0 Å². The second-order valence-electron chi connectivity index (χ2n) is 6.41. The molecular formula is C21H23N3O4S. The van der Waals surface area contributed by atoms with Crippen molar-refractivity contribution in [2.24, 2.45) is 0 Å². The van der Waals surface area contributed by atoms with Crippen molar-refractivity contribution in [2.75, 3.05) is 32.1 Å². The van der Waals surface area contributed by atoms with Gasteiger partial charge in [-0.25, -0.2) is 4.79 Å². The maximum atomic E-state index is 12.5. The highest BCUT2D eigenvalue weighted by molar-refractivity contribution is 7.15. The van der Waals surface area contributed by atoms with Gasteiger partial charge in [0.25, 0.3) is 0 Å². The minimum absolute atomic E-state index is 0.198. The number of carbonyl (C=O) groups excluding carboxylic acids is 2. The number of thiophene rings is 1. The molecule has 8 heteroatoms. The van der Waals surface area contributed by atoms with Crippen LogP contribution in [0.3, 0.4) is 0 Å². The molecule has 3 rings (SSSR count). The Morgan fingerprint density at radius 2 is 2.14 bits per heavy atom. The number of carbonyl (C=O) groups is 2. The van der Waals surface area contributed by atoms with Crippen molar-refractivity contribution in [2.45, 2.75) is 13.3 Å². The van der Waals surface area contributed by atoms with E-state index in [1.54, 1.807) is 30.6 Å². The molecule has 0 aromatic carbocycles. The molecule has 29 heavy (non-hydrogen) atoms. The lowest BCUT2D eigenvalue weighted by Crippen LogP contribution is -2.32. The number of pyridine rings is 1. The first-order chi connectivity index (χ1) is 14.1. The Bertz CT molecular complexity index is 938. The molecule has 3 aromatic heterocycles. The monoisotopic (exact) mass is 413 g/mol. The highest BCUT2D eigenvalue weighted by atomic mass is 32.1. The van der Waals surface area contributed by atoms with Crippen LogP contribution >= 0.6 is 11.3 Å². The van der Waals surface area contributed by atoms with E-state index in [9.17, 15) is 9.59 Å². The molecule has 152 valence electrons. The zero-order chi connectivity index (χ0) is 20.6. The van der Waals surface area contributed by atoms with Gasteiger partial charge in [0, 0.05) is 35.8 Å². The number of rotatable bonds is 9. The van der Waals surface area contributed by atoms with E-state index in [1.807, 2.05) is 30.1 Å². The first kappa shape index (κ1) is 20.8. The van der Waals surface area contributed by atoms with Crippen LogP contribution in [0.1, 0.15) is 23.0 Å². The first-order valence-electron chi connectivity index (χ1n) is 9.29. The molecule has 0 saturated carbocycles. The summed E-state index contributed by atoms with van der Waals surface area (Å²) in [5.74, 6) is -0.136. The van der Waals surface area contributed by atoms with Crippen LogP contribution in [0, 0.1) is 0 Å². The van der Waals surface area contributed by atoms with Gasteiger partial charge in [0.1, 0.15) is 16.3 Å². The number of esters is 1. The first-order valence-corrected chi connectivity index (χ1v) is 10.2. The number of aromatic nitrogens is 1. The van der Waals surface area contributed by atoms with Gasteiger partial charge in [-0.1, -0.05) is 6.07 Å². The van der Waals surface area contributed by atoms with E-state index in [1.165, 1.54) is 17.6 Å². The Hall–Kier alpha value is -2.97. The zero-order valence-electron chi connectivity index (χ0n) is 16.4. The molecule has 0 aliphatic carbocycles. The zero-order valence-corrected chi connectivity index (χ0v) is 17.2. The number of nitrogens with one attached hydrogen (secondary N) is 1. The minimum Gasteiger partial charge on any atom is -0.464 e. The van der Waals surface area contributed by atoms with Crippen LogP contribution in [0.5, 0.6) is 0 Å². The van der Waals surface area contributed by atoms with Crippen molar-refractivity contribution in [3.8, 4) is 11.3 Å². The molecule has 0 saturated heterocycles. The molecule has 3 heterocycles. The summed E-state index contributed by atoms with van der Waals surface area (Å²) in [6.07, 6.45) is 4.05. The molecule has 0 spiro atoms. The molecule has 0 unspecified atom stereocenters. The molecule has 7 nitrogen and oxygen atoms in total. The van der Waals surface area contributed by atoms with Crippen molar-refractivity contribution < 1.29 is 18.7 Å². The largest absolute Gasteiger partial charge is 0.464 e. The standard InChI is InChI=1S/C21H23N3O4S/c1-3-27-21(26)19-16(17-8-6-12-28-17)14-29-20(19)23-18(25)13-24(2)11-9-15-7-4-5-10-22-15/h4-8,10,12,14H,3,9,11,13H2,1-2H3,(H,23,25). The number of furan rings is 1. The number of likely N-dealkylation sites (N-methyl/N-ethyl adjacent to an activating group) is 1. The minimum atomic E-state index is -0.487. The average Bonchev–Trinajstić information content (AvgIpc) is 3.37. The number of ether oxygens (including phenoxy) is 1. The molecule has 0 fully saturated rings. The summed E-state index contributed by atoms with van der Waals surface area (Å²) in [5.41, 5.74) is 1.90. The second kappa shape index (κ2) is 9.99. The molecular weight excluding hydrogens is 390 g/mol. The van der Waals surface area contributed by atoms with E-state index in [2.05, 4.69) is 10.3 Å². The van der Waals surface area contributed by atoms with Gasteiger partial charge in [-0.05, 0) is 38.2 Å². The van der Waals surface area contributed by atoms with Crippen LogP contribution < -0.4 is 5.32 Å². The number of anilines is 1. The number of hydrogen-bond donors (Lipinski definition) is 1. The van der Waals surface area contributed by atoms with Gasteiger partial charge >= 0.3 is 5.97 Å². The van der Waals surface area contributed by atoms with Crippen LogP contribution in [0.2, 0.25) is 0 Å². The highest BCUT2D eigenvalue weighted by Crippen LogP contribution is 2.36. The van der Waals surface area contributed by atoms with Gasteiger partial charge in [-0.2, -0.15) is 0 Å². The lowest BCUT2D eigenvalue weighted by Gasteiger charge is -2.16. The SMILES string of the molecule is CCOC(=O)c1c(-c2ccco2)csc1NC(=O)CN(C)CCc1ccccn1. The molecule has 1 amide bonds. The smallest absolute Gasteiger partial charge is 0.341 e. The lowest BCUT2D eigenvalue weighted by molar-refractivity contribution is -0.117. The van der Waals surface area contributed by atoms with Crippen LogP contribution in [0.15, 0.2) is 52.6 Å². The van der Waals surface area contributed by atoms with E-state index in [0.29, 0.717) is 28.4 Å². The normalized spacial score (nSPS) is 10.9. The van der Waals surface area contributed by atoms with Gasteiger partial charge in [0.05, 0.1) is 19.4 Å². The van der Waals surface area contributed by atoms with Crippen LogP contribution in [-0.4, -0.2) is 48.5 Å². The maximum absolute atomic E-state index is 12.5. The summed E-state index contributed by atoms with van der Waals surface area (Å²) < 4.78 is 10.6. The summed E-state index contributed by atoms with van der Waals surface area (Å²) in [4.78, 5) is 31.2. The lowest BCUT2D eigenvalue weighted by atomic mass is 10.1. The maximum Gasteiger partial charge on any atom is 0.341 e. The fourth-order valence-corrected chi connectivity index (χ4v) is 3.76. The third kappa shape index (κ3) is 5.52. The van der Waals surface area contributed by atoms with Gasteiger partial charge in [-0.3, -0.25) is 14.7 Å². The van der Waals surface area contributed by atoms with Gasteiger partial charge in [0.15, 0.2) is 0 Å². The van der Waals surface area contributed by atoms with Crippen molar-refractivity contribution >= 4 is 28.2 Å². The second-order valence-corrected chi connectivity index (χ2v) is 7.29. The van der Waals surface area contributed by atoms with Crippen molar-refractivity contribution in [3.05, 3.63) is 59.4 Å². The Kier molecular flexibility index (Phi) is 7.15. The quantitative estimate of drug-likeness (QED) is 0.539. The molecule has 3 aromatic rings. The topological polar surface area (TPSA) is 84.7 Å². The van der Waals surface area contributed by atoms with Gasteiger partial charge < -0.3 is 14.5 Å². The molecule has 1 N–H and O–H groups in total. The Balaban J connectivity index is 1.65. The fraction of sp³-hybridized carbons (Fsp3) is 0.286. The van der Waals surface area contributed by atoms with E-state index in [0.717, 1.165) is 12.1 Å². The Morgan fingerprint density at radius 1 is 1.28 bits per heavy atom. The summed E-state index contributed by atoms with van der Waals surface area (Å²) in [6.45, 7) is 2.88. The van der Waals surface area contributed by atoms with Crippen LogP contribution in [0.4, 0.5) is 5.00 Å². The molecule has 0 radical (unpaired) electrons. The predicted octanol–water partition coefficient (Wildman–Crippen LogP) is 3.69. The van der Waals surface area contributed by atoms with Gasteiger partial charge in [0.2, 0.25) is 5.91 Å². The number of hydrogen-bond acceptors (Lipinski definition) is 7. The van der Waals surface area contributed by atoms with Gasteiger partial charge in [-0.15, -0.1) is 11.3 Å².